The monoisotopic (exact) mass is 919 g/mol. The van der Waals surface area contributed by atoms with Gasteiger partial charge in [0.05, 0.1) is 19.1 Å². The molecule has 1 aliphatic heterocycles. The molecule has 16 N–H and O–H groups in total. The number of hydrogen-bond acceptors (Lipinski definition) is 13. The fourth-order valence-electron chi connectivity index (χ4n) is 6.59. The van der Waals surface area contributed by atoms with E-state index in [9.17, 15) is 63.3 Å². The standard InChI is InChI=1S/C40H61N11O14/c1-20(2)31(50-36(61)28-12-8-16-51(28)38(63)23(41)11-7-15-44-40(42)43)37(62)45-21(3)32(57)49-27(19-52)35(60)48-26(18-30(55)56)34(59)47-25(17-22-9-5-4-6-10-22)33(58)46-24(39(64)65)13-14-29(53)54/h4-6,9-10,20-21,23-28,31,52H,7-8,11-19,41H2,1-3H3,(H,45,62)(H,46,58)(H,47,59)(H,48,60)(H,49,57)(H,50,61)(H,53,54)(H,55,56)(H,64,65)(H4,42,43,44). The molecule has 0 radical (unpaired) electrons. The van der Waals surface area contributed by atoms with Gasteiger partial charge < -0.3 is 74.4 Å². The first-order valence-electron chi connectivity index (χ1n) is 20.8. The van der Waals surface area contributed by atoms with Gasteiger partial charge in [-0.1, -0.05) is 44.2 Å². The van der Waals surface area contributed by atoms with E-state index in [-0.39, 0.29) is 31.9 Å². The van der Waals surface area contributed by atoms with Gasteiger partial charge in [0.1, 0.15) is 42.3 Å². The van der Waals surface area contributed by atoms with Crippen molar-refractivity contribution in [3.63, 3.8) is 0 Å². The van der Waals surface area contributed by atoms with Crippen molar-refractivity contribution in [1.82, 2.24) is 36.8 Å². The summed E-state index contributed by atoms with van der Waals surface area (Å²) < 4.78 is 0. The van der Waals surface area contributed by atoms with E-state index in [4.69, 9.17) is 22.3 Å². The molecule has 0 saturated carbocycles. The van der Waals surface area contributed by atoms with E-state index in [2.05, 4.69) is 36.9 Å². The lowest BCUT2D eigenvalue weighted by Crippen LogP contribution is -2.61. The second-order valence-electron chi connectivity index (χ2n) is 15.7. The van der Waals surface area contributed by atoms with Gasteiger partial charge in [0.2, 0.25) is 41.4 Å². The number of carboxylic acid groups (broad SMARTS) is 3. The van der Waals surface area contributed by atoms with Gasteiger partial charge in [0.15, 0.2) is 5.96 Å². The summed E-state index contributed by atoms with van der Waals surface area (Å²) >= 11 is 0. The number of rotatable bonds is 27. The van der Waals surface area contributed by atoms with Gasteiger partial charge in [-0.2, -0.15) is 0 Å². The molecule has 25 nitrogen and oxygen atoms in total. The second kappa shape index (κ2) is 26.7. The molecule has 360 valence electrons. The third-order valence-electron chi connectivity index (χ3n) is 10.1. The minimum Gasteiger partial charge on any atom is -0.481 e. The van der Waals surface area contributed by atoms with Gasteiger partial charge >= 0.3 is 17.9 Å². The Balaban J connectivity index is 2.14. The lowest BCUT2D eigenvalue weighted by atomic mass is 10.0. The van der Waals surface area contributed by atoms with Gasteiger partial charge in [-0.25, -0.2) is 4.79 Å². The molecule has 0 aromatic heterocycles. The summed E-state index contributed by atoms with van der Waals surface area (Å²) in [6.45, 7) is 3.93. The third-order valence-corrected chi connectivity index (χ3v) is 10.1. The molecule has 8 atom stereocenters. The quantitative estimate of drug-likeness (QED) is 0.0225. The number of nitrogens with one attached hydrogen (secondary N) is 6. The van der Waals surface area contributed by atoms with Crippen LogP contribution in [0.5, 0.6) is 0 Å². The SMILES string of the molecule is CC(NC(=O)C(NC(=O)C1CCCN1C(=O)C(N)CCCN=C(N)N)C(C)C)C(=O)NC(CO)C(=O)NC(CC(=O)O)C(=O)NC(Cc1ccccc1)C(=O)NC(CCC(=O)O)C(=O)O. The zero-order valence-corrected chi connectivity index (χ0v) is 36.4. The average molecular weight is 920 g/mol. The van der Waals surface area contributed by atoms with Crippen LogP contribution in [0.15, 0.2) is 35.3 Å². The highest BCUT2D eigenvalue weighted by atomic mass is 16.4. The number of nitrogens with two attached hydrogens (primary N) is 3. The van der Waals surface area contributed by atoms with Crippen molar-refractivity contribution in [2.24, 2.45) is 28.1 Å². The summed E-state index contributed by atoms with van der Waals surface area (Å²) in [5.41, 5.74) is 17.2. The van der Waals surface area contributed by atoms with E-state index in [0.29, 0.717) is 24.8 Å². The van der Waals surface area contributed by atoms with E-state index in [1.165, 1.54) is 11.8 Å². The first-order chi connectivity index (χ1) is 30.5. The van der Waals surface area contributed by atoms with E-state index < -0.39 is 139 Å². The number of guanidine groups is 1. The number of carboxylic acids is 3. The lowest BCUT2D eigenvalue weighted by Gasteiger charge is -2.30. The number of carbonyl (C=O) groups excluding carboxylic acids is 7. The normalized spacial score (nSPS) is 16.5. The molecule has 1 fully saturated rings. The molecular formula is C40H61N11O14. The molecular weight excluding hydrogens is 859 g/mol. The van der Waals surface area contributed by atoms with Gasteiger partial charge in [-0.3, -0.25) is 48.1 Å². The summed E-state index contributed by atoms with van der Waals surface area (Å²) in [4.78, 5) is 133. The number of carbonyl (C=O) groups is 10. The number of amides is 7. The molecule has 1 aromatic carbocycles. The van der Waals surface area contributed by atoms with Crippen molar-refractivity contribution >= 4 is 65.2 Å². The molecule has 1 heterocycles. The van der Waals surface area contributed by atoms with Crippen LogP contribution >= 0.6 is 0 Å². The van der Waals surface area contributed by atoms with E-state index in [1.807, 2.05) is 0 Å². The van der Waals surface area contributed by atoms with Crippen molar-refractivity contribution in [3.05, 3.63) is 35.9 Å². The Bertz CT molecular complexity index is 1900. The number of aliphatic hydroxyl groups is 1. The summed E-state index contributed by atoms with van der Waals surface area (Å²) in [5.74, 6) is -11.6. The molecule has 0 spiro atoms. The molecule has 0 bridgehead atoms. The summed E-state index contributed by atoms with van der Waals surface area (Å²) in [5, 5.41) is 52.0. The molecule has 1 aliphatic rings. The van der Waals surface area contributed by atoms with Gasteiger partial charge in [-0.15, -0.1) is 0 Å². The number of aliphatic carboxylic acids is 3. The molecule has 7 amide bonds. The van der Waals surface area contributed by atoms with Crippen LogP contribution in [0.25, 0.3) is 0 Å². The maximum atomic E-state index is 13.5. The summed E-state index contributed by atoms with van der Waals surface area (Å²) in [7, 11) is 0. The Hall–Kier alpha value is -6.89. The van der Waals surface area contributed by atoms with Crippen molar-refractivity contribution in [3.8, 4) is 0 Å². The molecule has 1 saturated heterocycles. The number of nitrogens with zero attached hydrogens (tertiary/aromatic N) is 2. The number of benzene rings is 1. The highest BCUT2D eigenvalue weighted by molar-refractivity contribution is 5.98. The van der Waals surface area contributed by atoms with Gasteiger partial charge in [0.25, 0.3) is 0 Å². The van der Waals surface area contributed by atoms with Crippen LogP contribution in [0.4, 0.5) is 0 Å². The first kappa shape index (κ1) is 54.2. The van der Waals surface area contributed by atoms with Crippen LogP contribution in [-0.2, 0) is 54.4 Å². The topological polar surface area (TPSA) is 417 Å². The molecule has 2 rings (SSSR count). The van der Waals surface area contributed by atoms with Crippen LogP contribution in [0.2, 0.25) is 0 Å². The lowest BCUT2D eigenvalue weighted by molar-refractivity contribution is -0.144. The van der Waals surface area contributed by atoms with Crippen molar-refractivity contribution in [1.29, 1.82) is 0 Å². The van der Waals surface area contributed by atoms with E-state index in [0.717, 1.165) is 0 Å². The van der Waals surface area contributed by atoms with Crippen LogP contribution in [-0.4, -0.2) is 159 Å². The molecule has 0 aliphatic carbocycles. The number of aliphatic hydroxyl groups excluding tert-OH is 1. The Labute approximate surface area is 374 Å². The van der Waals surface area contributed by atoms with E-state index >= 15 is 0 Å². The number of hydrogen-bond donors (Lipinski definition) is 13. The predicted octanol–water partition coefficient (Wildman–Crippen LogP) is -4.40. The maximum absolute atomic E-state index is 13.5. The van der Waals surface area contributed by atoms with Crippen LogP contribution in [0.1, 0.15) is 71.3 Å². The van der Waals surface area contributed by atoms with Crippen molar-refractivity contribution in [2.75, 3.05) is 19.7 Å². The fraction of sp³-hybridized carbons (Fsp3) is 0.575. The number of likely N-dealkylation sites (tertiary alicyclic amines) is 1. The predicted molar refractivity (Wildman–Crippen MR) is 229 cm³/mol. The van der Waals surface area contributed by atoms with Gasteiger partial charge in [0, 0.05) is 25.9 Å². The molecule has 1 aromatic rings. The van der Waals surface area contributed by atoms with Crippen molar-refractivity contribution < 1.29 is 68.4 Å². The average Bonchev–Trinajstić information content (AvgIpc) is 3.73. The Morgan fingerprint density at radius 1 is 0.738 bits per heavy atom. The van der Waals surface area contributed by atoms with Crippen LogP contribution in [0, 0.1) is 5.92 Å². The first-order valence-corrected chi connectivity index (χ1v) is 20.8. The highest BCUT2D eigenvalue weighted by Gasteiger charge is 2.39. The summed E-state index contributed by atoms with van der Waals surface area (Å²) in [6.07, 6.45) is -0.965. The third kappa shape index (κ3) is 18.4. The van der Waals surface area contributed by atoms with Crippen LogP contribution < -0.4 is 49.1 Å². The second-order valence-corrected chi connectivity index (χ2v) is 15.7. The molecule has 25 heteroatoms. The molecule has 8 unspecified atom stereocenters. The maximum Gasteiger partial charge on any atom is 0.326 e. The Kier molecular flexibility index (Phi) is 22.3. The number of aliphatic imine (C=N–C) groups is 1. The zero-order valence-electron chi connectivity index (χ0n) is 36.4. The zero-order chi connectivity index (χ0) is 49.0. The minimum atomic E-state index is -1.93. The van der Waals surface area contributed by atoms with Crippen LogP contribution in [0.3, 0.4) is 0 Å². The van der Waals surface area contributed by atoms with Gasteiger partial charge in [-0.05, 0) is 50.5 Å². The Morgan fingerprint density at radius 2 is 1.32 bits per heavy atom. The van der Waals surface area contributed by atoms with Crippen molar-refractivity contribution in [2.45, 2.75) is 120 Å². The van der Waals surface area contributed by atoms with E-state index in [1.54, 1.807) is 44.2 Å². The minimum absolute atomic E-state index is 0.101. The highest BCUT2D eigenvalue weighted by Crippen LogP contribution is 2.20. The molecule has 65 heavy (non-hydrogen) atoms. The smallest absolute Gasteiger partial charge is 0.326 e. The largest absolute Gasteiger partial charge is 0.481 e. The fourth-order valence-corrected chi connectivity index (χ4v) is 6.59. The Morgan fingerprint density at radius 3 is 1.89 bits per heavy atom. The summed E-state index contributed by atoms with van der Waals surface area (Å²) in [6, 6.07) is -3.42.